The Morgan fingerprint density at radius 2 is 2.09 bits per heavy atom. The summed E-state index contributed by atoms with van der Waals surface area (Å²) in [6, 6.07) is 0. The summed E-state index contributed by atoms with van der Waals surface area (Å²) in [7, 11) is 3.67. The van der Waals surface area contributed by atoms with Crippen molar-refractivity contribution in [3.05, 3.63) is 0 Å². The zero-order valence-electron chi connectivity index (χ0n) is 7.59. The minimum atomic E-state index is 0.245. The summed E-state index contributed by atoms with van der Waals surface area (Å²) in [5.74, 6) is 0.245. The Bertz CT molecular complexity index is 115. The van der Waals surface area contributed by atoms with E-state index < -0.39 is 0 Å². The van der Waals surface area contributed by atoms with E-state index in [9.17, 15) is 4.79 Å². The van der Waals surface area contributed by atoms with E-state index in [1.165, 1.54) is 0 Å². The van der Waals surface area contributed by atoms with Gasteiger partial charge in [-0.2, -0.15) is 0 Å². The lowest BCUT2D eigenvalue weighted by Crippen LogP contribution is -2.25. The normalized spacial score (nSPS) is 10.5. The molecule has 0 amide bonds. The number of hydrogen-bond donors (Lipinski definition) is 0. The van der Waals surface area contributed by atoms with Crippen molar-refractivity contribution in [2.24, 2.45) is 0 Å². The maximum absolute atomic E-state index is 10.6. The highest BCUT2D eigenvalue weighted by atomic mass is 16.5. The van der Waals surface area contributed by atoms with Gasteiger partial charge in [-0.05, 0) is 14.0 Å². The third kappa shape index (κ3) is 7.49. The lowest BCUT2D eigenvalue weighted by molar-refractivity contribution is -0.117. The van der Waals surface area contributed by atoms with Crippen LogP contribution in [0.25, 0.3) is 0 Å². The van der Waals surface area contributed by atoms with Crippen molar-refractivity contribution in [3.8, 4) is 0 Å². The van der Waals surface area contributed by atoms with Gasteiger partial charge in [0.05, 0.1) is 6.61 Å². The molecule has 0 aromatic heterocycles. The molecule has 0 aliphatic rings. The molecule has 0 heterocycles. The maximum atomic E-state index is 10.6. The fraction of sp³-hybridized carbons (Fsp3) is 0.875. The molecule has 3 nitrogen and oxygen atoms in total. The van der Waals surface area contributed by atoms with Crippen LogP contribution >= 0.6 is 0 Å². The van der Waals surface area contributed by atoms with Crippen molar-refractivity contribution >= 4 is 5.78 Å². The first-order chi connectivity index (χ1) is 5.16. The lowest BCUT2D eigenvalue weighted by Gasteiger charge is -2.14. The SMILES string of the molecule is COCCN(C)CCC(C)=O. The number of methoxy groups -OCH3 is 1. The van der Waals surface area contributed by atoms with Crippen LogP contribution in [0.4, 0.5) is 0 Å². The quantitative estimate of drug-likeness (QED) is 0.566. The predicted octanol–water partition coefficient (Wildman–Crippen LogP) is 0.544. The topological polar surface area (TPSA) is 29.5 Å². The van der Waals surface area contributed by atoms with Gasteiger partial charge in [-0.25, -0.2) is 0 Å². The zero-order chi connectivity index (χ0) is 8.69. The fourth-order valence-corrected chi connectivity index (χ4v) is 0.707. The number of hydrogen-bond acceptors (Lipinski definition) is 3. The van der Waals surface area contributed by atoms with E-state index in [2.05, 4.69) is 4.90 Å². The van der Waals surface area contributed by atoms with Gasteiger partial charge in [-0.1, -0.05) is 0 Å². The van der Waals surface area contributed by atoms with Crippen molar-refractivity contribution < 1.29 is 9.53 Å². The van der Waals surface area contributed by atoms with Crippen LogP contribution in [0.2, 0.25) is 0 Å². The number of likely N-dealkylation sites (N-methyl/N-ethyl adjacent to an activating group) is 1. The maximum Gasteiger partial charge on any atom is 0.131 e. The minimum Gasteiger partial charge on any atom is -0.383 e. The van der Waals surface area contributed by atoms with Crippen LogP contribution in [-0.2, 0) is 9.53 Å². The van der Waals surface area contributed by atoms with E-state index in [4.69, 9.17) is 4.74 Å². The van der Waals surface area contributed by atoms with Gasteiger partial charge in [0.15, 0.2) is 0 Å². The monoisotopic (exact) mass is 159 g/mol. The van der Waals surface area contributed by atoms with Crippen molar-refractivity contribution in [2.75, 3.05) is 33.9 Å². The van der Waals surface area contributed by atoms with Gasteiger partial charge in [-0.15, -0.1) is 0 Å². The van der Waals surface area contributed by atoms with Gasteiger partial charge in [0.1, 0.15) is 5.78 Å². The van der Waals surface area contributed by atoms with Crippen molar-refractivity contribution in [3.63, 3.8) is 0 Å². The molecule has 0 atom stereocenters. The average molecular weight is 159 g/mol. The summed E-state index contributed by atoms with van der Waals surface area (Å²) >= 11 is 0. The van der Waals surface area contributed by atoms with Crippen LogP contribution in [0.15, 0.2) is 0 Å². The summed E-state index contributed by atoms with van der Waals surface area (Å²) in [5, 5.41) is 0. The standard InChI is InChI=1S/C8H17NO2/c1-8(10)4-5-9(2)6-7-11-3/h4-7H2,1-3H3. The molecular formula is C8H17NO2. The van der Waals surface area contributed by atoms with Crippen LogP contribution in [0.1, 0.15) is 13.3 Å². The highest BCUT2D eigenvalue weighted by molar-refractivity contribution is 5.75. The smallest absolute Gasteiger partial charge is 0.131 e. The molecule has 66 valence electrons. The molecule has 0 saturated heterocycles. The Balaban J connectivity index is 3.22. The number of carbonyl (C=O) groups is 1. The van der Waals surface area contributed by atoms with Crippen LogP contribution < -0.4 is 0 Å². The molecule has 0 aliphatic heterocycles. The van der Waals surface area contributed by atoms with Crippen LogP contribution in [-0.4, -0.2) is 44.5 Å². The number of carbonyl (C=O) groups excluding carboxylic acids is 1. The minimum absolute atomic E-state index is 0.245. The number of ketones is 1. The molecular weight excluding hydrogens is 142 g/mol. The predicted molar refractivity (Wildman–Crippen MR) is 44.7 cm³/mol. The second kappa shape index (κ2) is 6.31. The molecule has 3 heteroatoms. The Kier molecular flexibility index (Phi) is 6.07. The average Bonchev–Trinajstić information content (AvgIpc) is 1.97. The molecule has 0 fully saturated rings. The van der Waals surface area contributed by atoms with Gasteiger partial charge >= 0.3 is 0 Å². The van der Waals surface area contributed by atoms with E-state index >= 15 is 0 Å². The molecule has 0 bridgehead atoms. The van der Waals surface area contributed by atoms with Gasteiger partial charge in [-0.3, -0.25) is 4.79 Å². The summed E-state index contributed by atoms with van der Waals surface area (Å²) in [6.45, 7) is 4.07. The number of Topliss-reactive ketones (excluding diaryl/α,β-unsaturated/α-hetero) is 1. The lowest BCUT2D eigenvalue weighted by atomic mass is 10.3. The summed E-state index contributed by atoms with van der Waals surface area (Å²) < 4.78 is 4.89. The summed E-state index contributed by atoms with van der Waals surface area (Å²) in [6.07, 6.45) is 0.639. The molecule has 0 spiro atoms. The fourth-order valence-electron chi connectivity index (χ4n) is 0.707. The molecule has 0 unspecified atom stereocenters. The molecule has 0 aromatic carbocycles. The Morgan fingerprint density at radius 1 is 1.45 bits per heavy atom. The van der Waals surface area contributed by atoms with Gasteiger partial charge in [0, 0.05) is 26.6 Å². The molecule has 0 rings (SSSR count). The van der Waals surface area contributed by atoms with Gasteiger partial charge in [0.25, 0.3) is 0 Å². The third-order valence-corrected chi connectivity index (χ3v) is 1.52. The van der Waals surface area contributed by atoms with Gasteiger partial charge in [0.2, 0.25) is 0 Å². The Morgan fingerprint density at radius 3 is 2.55 bits per heavy atom. The van der Waals surface area contributed by atoms with E-state index in [0.29, 0.717) is 6.42 Å². The second-order valence-electron chi connectivity index (χ2n) is 2.75. The van der Waals surface area contributed by atoms with Crippen molar-refractivity contribution in [1.29, 1.82) is 0 Å². The summed E-state index contributed by atoms with van der Waals surface area (Å²) in [5.41, 5.74) is 0. The molecule has 0 saturated carbocycles. The van der Waals surface area contributed by atoms with Crippen molar-refractivity contribution in [2.45, 2.75) is 13.3 Å². The summed E-state index contributed by atoms with van der Waals surface area (Å²) in [4.78, 5) is 12.7. The Labute approximate surface area is 68.3 Å². The molecule has 0 radical (unpaired) electrons. The molecule has 0 aromatic rings. The highest BCUT2D eigenvalue weighted by Gasteiger charge is 1.98. The van der Waals surface area contributed by atoms with Crippen LogP contribution in [0.5, 0.6) is 0 Å². The molecule has 0 aliphatic carbocycles. The third-order valence-electron chi connectivity index (χ3n) is 1.52. The second-order valence-corrected chi connectivity index (χ2v) is 2.75. The van der Waals surface area contributed by atoms with Crippen LogP contribution in [0, 0.1) is 0 Å². The number of rotatable bonds is 6. The number of ether oxygens (including phenoxy) is 1. The van der Waals surface area contributed by atoms with Crippen LogP contribution in [0.3, 0.4) is 0 Å². The number of nitrogens with zero attached hydrogens (tertiary/aromatic N) is 1. The van der Waals surface area contributed by atoms with E-state index in [-0.39, 0.29) is 5.78 Å². The first kappa shape index (κ1) is 10.6. The van der Waals surface area contributed by atoms with Gasteiger partial charge < -0.3 is 9.64 Å². The van der Waals surface area contributed by atoms with Crippen molar-refractivity contribution in [1.82, 2.24) is 4.90 Å². The van der Waals surface area contributed by atoms with E-state index in [1.54, 1.807) is 14.0 Å². The van der Waals surface area contributed by atoms with E-state index in [1.807, 2.05) is 7.05 Å². The zero-order valence-corrected chi connectivity index (χ0v) is 7.59. The molecule has 0 N–H and O–H groups in total. The highest BCUT2D eigenvalue weighted by Crippen LogP contribution is 1.87. The largest absolute Gasteiger partial charge is 0.383 e. The molecule has 11 heavy (non-hydrogen) atoms. The first-order valence-electron chi connectivity index (χ1n) is 3.83. The van der Waals surface area contributed by atoms with E-state index in [0.717, 1.165) is 19.7 Å². The first-order valence-corrected chi connectivity index (χ1v) is 3.83. The Hall–Kier alpha value is -0.410.